The van der Waals surface area contributed by atoms with Crippen LogP contribution in [-0.4, -0.2) is 18.9 Å². The van der Waals surface area contributed by atoms with Crippen molar-refractivity contribution in [3.8, 4) is 0 Å². The molecule has 80 valence electrons. The molecule has 0 saturated heterocycles. The van der Waals surface area contributed by atoms with Crippen LogP contribution in [0.4, 0.5) is 0 Å². The van der Waals surface area contributed by atoms with Gasteiger partial charge in [0.15, 0.2) is 5.78 Å². The van der Waals surface area contributed by atoms with Gasteiger partial charge in [-0.05, 0) is 18.6 Å². The average molecular weight is 206 g/mol. The van der Waals surface area contributed by atoms with Crippen molar-refractivity contribution in [2.75, 3.05) is 7.11 Å². The maximum atomic E-state index is 11.5. The third-order valence-electron chi connectivity index (χ3n) is 2.11. The van der Waals surface area contributed by atoms with Crippen LogP contribution in [0, 0.1) is 0 Å². The fourth-order valence-electron chi connectivity index (χ4n) is 1.28. The summed E-state index contributed by atoms with van der Waals surface area (Å²) >= 11 is 0. The summed E-state index contributed by atoms with van der Waals surface area (Å²) in [5.41, 5.74) is 1.11. The molecule has 0 saturated carbocycles. The molecule has 1 aromatic rings. The number of rotatable bonds is 4. The largest absolute Gasteiger partial charge is 0.465 e. The van der Waals surface area contributed by atoms with Crippen molar-refractivity contribution in [2.45, 2.75) is 19.8 Å². The van der Waals surface area contributed by atoms with E-state index in [1.165, 1.54) is 7.11 Å². The molecule has 0 atom stereocenters. The highest BCUT2D eigenvalue weighted by Crippen LogP contribution is 2.08. The minimum atomic E-state index is -0.385. The summed E-state index contributed by atoms with van der Waals surface area (Å²) in [6.07, 6.45) is 1.37. The van der Waals surface area contributed by atoms with Crippen molar-refractivity contribution in [3.05, 3.63) is 35.4 Å². The Hall–Kier alpha value is -1.64. The molecule has 0 aliphatic carbocycles. The van der Waals surface area contributed by atoms with Gasteiger partial charge in [-0.1, -0.05) is 19.1 Å². The van der Waals surface area contributed by atoms with Crippen molar-refractivity contribution >= 4 is 11.8 Å². The van der Waals surface area contributed by atoms with Gasteiger partial charge >= 0.3 is 5.97 Å². The standard InChI is InChI=1S/C12H14O3/c1-3-4-11(13)9-5-7-10(8-6-9)12(14)15-2/h5-8H,3-4H2,1-2H3. The van der Waals surface area contributed by atoms with Gasteiger partial charge in [-0.3, -0.25) is 4.79 Å². The van der Waals surface area contributed by atoms with E-state index < -0.39 is 0 Å². The normalized spacial score (nSPS) is 9.73. The second-order valence-electron chi connectivity index (χ2n) is 3.24. The van der Waals surface area contributed by atoms with Crippen LogP contribution >= 0.6 is 0 Å². The van der Waals surface area contributed by atoms with Crippen molar-refractivity contribution < 1.29 is 14.3 Å². The number of ketones is 1. The molecule has 15 heavy (non-hydrogen) atoms. The highest BCUT2D eigenvalue weighted by atomic mass is 16.5. The Bertz CT molecular complexity index is 352. The number of hydrogen-bond donors (Lipinski definition) is 0. The first-order valence-corrected chi connectivity index (χ1v) is 4.90. The lowest BCUT2D eigenvalue weighted by Crippen LogP contribution is -2.03. The first kappa shape index (κ1) is 11.4. The molecule has 0 radical (unpaired) electrons. The van der Waals surface area contributed by atoms with Crippen molar-refractivity contribution in [3.63, 3.8) is 0 Å². The summed E-state index contributed by atoms with van der Waals surface area (Å²) in [5.74, 6) is -0.279. The Morgan fingerprint density at radius 1 is 1.13 bits per heavy atom. The Balaban J connectivity index is 2.80. The SMILES string of the molecule is CCCC(=O)c1ccc(C(=O)OC)cc1. The molecule has 1 rings (SSSR count). The van der Waals surface area contributed by atoms with Gasteiger partial charge in [0, 0.05) is 12.0 Å². The van der Waals surface area contributed by atoms with Crippen LogP contribution in [0.3, 0.4) is 0 Å². The molecular weight excluding hydrogens is 192 g/mol. The number of carbonyl (C=O) groups excluding carboxylic acids is 2. The first-order chi connectivity index (χ1) is 7.19. The number of hydrogen-bond acceptors (Lipinski definition) is 3. The number of benzene rings is 1. The molecule has 0 heterocycles. The molecule has 0 aliphatic heterocycles. The maximum Gasteiger partial charge on any atom is 0.337 e. The zero-order valence-electron chi connectivity index (χ0n) is 8.95. The molecule has 0 fully saturated rings. The number of methoxy groups -OCH3 is 1. The monoisotopic (exact) mass is 206 g/mol. The molecule has 0 aliphatic rings. The fraction of sp³-hybridized carbons (Fsp3) is 0.333. The summed E-state index contributed by atoms with van der Waals surface area (Å²) in [6, 6.07) is 6.53. The Morgan fingerprint density at radius 3 is 2.13 bits per heavy atom. The van der Waals surface area contributed by atoms with Gasteiger partial charge in [0.05, 0.1) is 12.7 Å². The van der Waals surface area contributed by atoms with Crippen LogP contribution in [0.2, 0.25) is 0 Å². The van der Waals surface area contributed by atoms with Crippen LogP contribution in [0.25, 0.3) is 0 Å². The van der Waals surface area contributed by atoms with Gasteiger partial charge in [0.25, 0.3) is 0 Å². The van der Waals surface area contributed by atoms with Crippen LogP contribution in [0.15, 0.2) is 24.3 Å². The van der Waals surface area contributed by atoms with Crippen LogP contribution in [-0.2, 0) is 4.74 Å². The molecule has 3 heteroatoms. The van der Waals surface area contributed by atoms with Crippen molar-refractivity contribution in [2.24, 2.45) is 0 Å². The molecule has 0 spiro atoms. The zero-order chi connectivity index (χ0) is 11.3. The second kappa shape index (κ2) is 5.29. The summed E-state index contributed by atoms with van der Waals surface area (Å²) < 4.78 is 4.56. The molecule has 0 amide bonds. The number of Topliss-reactive ketones (excluding diaryl/α,β-unsaturated/α-hetero) is 1. The van der Waals surface area contributed by atoms with E-state index in [9.17, 15) is 9.59 Å². The minimum Gasteiger partial charge on any atom is -0.465 e. The van der Waals surface area contributed by atoms with E-state index in [4.69, 9.17) is 0 Å². The summed E-state index contributed by atoms with van der Waals surface area (Å²) in [4.78, 5) is 22.6. The maximum absolute atomic E-state index is 11.5. The summed E-state index contributed by atoms with van der Waals surface area (Å²) in [7, 11) is 1.33. The Morgan fingerprint density at radius 2 is 1.67 bits per heavy atom. The summed E-state index contributed by atoms with van der Waals surface area (Å²) in [5, 5.41) is 0. The van der Waals surface area contributed by atoms with E-state index in [1.54, 1.807) is 24.3 Å². The number of ether oxygens (including phenoxy) is 1. The van der Waals surface area contributed by atoms with Gasteiger partial charge < -0.3 is 4.74 Å². The topological polar surface area (TPSA) is 43.4 Å². The van der Waals surface area contributed by atoms with Gasteiger partial charge in [-0.15, -0.1) is 0 Å². The van der Waals surface area contributed by atoms with Gasteiger partial charge in [-0.25, -0.2) is 4.79 Å². The third-order valence-corrected chi connectivity index (χ3v) is 2.11. The highest BCUT2D eigenvalue weighted by Gasteiger charge is 2.07. The number of esters is 1. The molecule has 0 unspecified atom stereocenters. The lowest BCUT2D eigenvalue weighted by atomic mass is 10.1. The minimum absolute atomic E-state index is 0.105. The number of carbonyl (C=O) groups is 2. The van der Waals surface area contributed by atoms with Crippen molar-refractivity contribution in [1.29, 1.82) is 0 Å². The van der Waals surface area contributed by atoms with Crippen LogP contribution < -0.4 is 0 Å². The third kappa shape index (κ3) is 2.91. The predicted octanol–water partition coefficient (Wildman–Crippen LogP) is 2.46. The Kier molecular flexibility index (Phi) is 4.03. The molecule has 1 aromatic carbocycles. The van der Waals surface area contributed by atoms with E-state index in [0.29, 0.717) is 17.5 Å². The fourth-order valence-corrected chi connectivity index (χ4v) is 1.28. The average Bonchev–Trinajstić information content (AvgIpc) is 2.28. The molecule has 3 nitrogen and oxygen atoms in total. The Labute approximate surface area is 89.1 Å². The van der Waals surface area contributed by atoms with Gasteiger partial charge in [0.2, 0.25) is 0 Å². The smallest absolute Gasteiger partial charge is 0.337 e. The van der Waals surface area contributed by atoms with Gasteiger partial charge in [-0.2, -0.15) is 0 Å². The van der Waals surface area contributed by atoms with E-state index in [1.807, 2.05) is 6.92 Å². The lowest BCUT2D eigenvalue weighted by Gasteiger charge is -2.01. The van der Waals surface area contributed by atoms with E-state index in [-0.39, 0.29) is 11.8 Å². The quantitative estimate of drug-likeness (QED) is 0.561. The lowest BCUT2D eigenvalue weighted by molar-refractivity contribution is 0.0600. The van der Waals surface area contributed by atoms with Crippen molar-refractivity contribution in [1.82, 2.24) is 0 Å². The molecule has 0 N–H and O–H groups in total. The van der Waals surface area contributed by atoms with E-state index >= 15 is 0 Å². The van der Waals surface area contributed by atoms with E-state index in [2.05, 4.69) is 4.74 Å². The van der Waals surface area contributed by atoms with Crippen LogP contribution in [0.1, 0.15) is 40.5 Å². The molecular formula is C12H14O3. The first-order valence-electron chi connectivity index (χ1n) is 4.90. The summed E-state index contributed by atoms with van der Waals surface area (Å²) in [6.45, 7) is 1.96. The van der Waals surface area contributed by atoms with Gasteiger partial charge in [0.1, 0.15) is 0 Å². The molecule has 0 aromatic heterocycles. The zero-order valence-corrected chi connectivity index (χ0v) is 8.95. The second-order valence-corrected chi connectivity index (χ2v) is 3.24. The molecule has 0 bridgehead atoms. The highest BCUT2D eigenvalue weighted by molar-refractivity contribution is 5.97. The van der Waals surface area contributed by atoms with E-state index in [0.717, 1.165) is 6.42 Å². The predicted molar refractivity (Wildman–Crippen MR) is 57.0 cm³/mol. The van der Waals surface area contributed by atoms with Crippen LogP contribution in [0.5, 0.6) is 0 Å².